The van der Waals surface area contributed by atoms with E-state index in [1.54, 1.807) is 0 Å². The largest absolute Gasteiger partial charge is 0.481 e. The lowest BCUT2D eigenvalue weighted by Crippen LogP contribution is -2.56. The Morgan fingerprint density at radius 3 is 2.67 bits per heavy atom. The zero-order valence-corrected chi connectivity index (χ0v) is 15.0. The summed E-state index contributed by atoms with van der Waals surface area (Å²) in [6.45, 7) is 4.84. The number of hydrogen-bond acceptors (Lipinski definition) is 6. The van der Waals surface area contributed by atoms with Crippen LogP contribution in [0.5, 0.6) is 0 Å². The van der Waals surface area contributed by atoms with Gasteiger partial charge < -0.3 is 20.0 Å². The highest BCUT2D eigenvalue weighted by molar-refractivity contribution is 5.77. The standard InChI is InChI=1S/C17H28N4O3/c1-5-8-17(15(23)24)11-21(9-7-13(17)22)14-10-12(6-2)18-16(19-14)20(3)4/h10,13,22H,5-9,11H2,1-4H3,(H,23,24)/t13-,17-/m1/s1. The van der Waals surface area contributed by atoms with Crippen molar-refractivity contribution in [2.45, 2.75) is 45.6 Å². The lowest BCUT2D eigenvalue weighted by atomic mass is 9.74. The number of aromatic nitrogens is 2. The van der Waals surface area contributed by atoms with Gasteiger partial charge in [0.25, 0.3) is 0 Å². The monoisotopic (exact) mass is 336 g/mol. The molecule has 0 aromatic carbocycles. The summed E-state index contributed by atoms with van der Waals surface area (Å²) in [6.07, 6.45) is 1.55. The van der Waals surface area contributed by atoms with Gasteiger partial charge in [-0.15, -0.1) is 0 Å². The van der Waals surface area contributed by atoms with Gasteiger partial charge in [0.05, 0.1) is 6.10 Å². The minimum Gasteiger partial charge on any atom is -0.481 e. The van der Waals surface area contributed by atoms with Crippen LogP contribution in [0.4, 0.5) is 11.8 Å². The van der Waals surface area contributed by atoms with Crippen LogP contribution in [0.15, 0.2) is 6.07 Å². The molecule has 0 aliphatic carbocycles. The van der Waals surface area contributed by atoms with Crippen molar-refractivity contribution in [3.05, 3.63) is 11.8 Å². The van der Waals surface area contributed by atoms with E-state index in [0.29, 0.717) is 31.8 Å². The fraction of sp³-hybridized carbons (Fsp3) is 0.706. The summed E-state index contributed by atoms with van der Waals surface area (Å²) in [6, 6.07) is 1.92. The van der Waals surface area contributed by atoms with Gasteiger partial charge in [0.1, 0.15) is 11.2 Å². The summed E-state index contributed by atoms with van der Waals surface area (Å²) in [4.78, 5) is 24.8. The third-order valence-electron chi connectivity index (χ3n) is 4.75. The number of aliphatic carboxylic acids is 1. The molecule has 0 unspecified atom stereocenters. The van der Waals surface area contributed by atoms with Crippen molar-refractivity contribution in [3.63, 3.8) is 0 Å². The number of carboxylic acid groups (broad SMARTS) is 1. The van der Waals surface area contributed by atoms with E-state index in [-0.39, 0.29) is 6.54 Å². The van der Waals surface area contributed by atoms with Crippen molar-refractivity contribution in [3.8, 4) is 0 Å². The molecular weight excluding hydrogens is 308 g/mol. The second-order valence-corrected chi connectivity index (χ2v) is 6.70. The fourth-order valence-corrected chi connectivity index (χ4v) is 3.30. The number of nitrogens with zero attached hydrogens (tertiary/aromatic N) is 4. The number of anilines is 2. The van der Waals surface area contributed by atoms with Gasteiger partial charge in [-0.05, 0) is 19.3 Å². The first-order valence-corrected chi connectivity index (χ1v) is 8.55. The molecule has 7 nitrogen and oxygen atoms in total. The number of hydrogen-bond donors (Lipinski definition) is 2. The first-order chi connectivity index (χ1) is 11.3. The van der Waals surface area contributed by atoms with Crippen molar-refractivity contribution in [1.82, 2.24) is 9.97 Å². The molecule has 134 valence electrons. The molecule has 0 saturated carbocycles. The predicted molar refractivity (Wildman–Crippen MR) is 93.6 cm³/mol. The molecule has 0 amide bonds. The van der Waals surface area contributed by atoms with Gasteiger partial charge in [-0.1, -0.05) is 20.3 Å². The highest BCUT2D eigenvalue weighted by atomic mass is 16.4. The van der Waals surface area contributed by atoms with Crippen LogP contribution in [0.1, 0.15) is 38.8 Å². The third kappa shape index (κ3) is 3.45. The number of aliphatic hydroxyl groups is 1. The maximum atomic E-state index is 11.9. The number of rotatable bonds is 6. The smallest absolute Gasteiger partial charge is 0.314 e. The molecule has 2 heterocycles. The highest BCUT2D eigenvalue weighted by Crippen LogP contribution is 2.37. The Morgan fingerprint density at radius 2 is 2.12 bits per heavy atom. The SMILES string of the molecule is CCC[C@@]1(C(=O)O)CN(c2cc(CC)nc(N(C)C)n2)CC[C@H]1O. The Kier molecular flexibility index (Phi) is 5.64. The Hall–Kier alpha value is -1.89. The van der Waals surface area contributed by atoms with E-state index in [4.69, 9.17) is 0 Å². The van der Waals surface area contributed by atoms with Gasteiger partial charge in [0, 0.05) is 38.9 Å². The summed E-state index contributed by atoms with van der Waals surface area (Å²) in [5.41, 5.74) is -0.214. The zero-order chi connectivity index (χ0) is 17.9. The normalized spacial score (nSPS) is 24.0. The first-order valence-electron chi connectivity index (χ1n) is 8.55. The molecule has 7 heteroatoms. The summed E-state index contributed by atoms with van der Waals surface area (Å²) < 4.78 is 0. The van der Waals surface area contributed by atoms with Crippen LogP contribution in [0.3, 0.4) is 0 Å². The van der Waals surface area contributed by atoms with Gasteiger partial charge in [-0.2, -0.15) is 4.98 Å². The maximum absolute atomic E-state index is 11.9. The molecular formula is C17H28N4O3. The summed E-state index contributed by atoms with van der Waals surface area (Å²) >= 11 is 0. The quantitative estimate of drug-likeness (QED) is 0.814. The minimum absolute atomic E-state index is 0.268. The summed E-state index contributed by atoms with van der Waals surface area (Å²) in [5.74, 6) is 0.422. The molecule has 0 spiro atoms. The molecule has 1 aliphatic heterocycles. The third-order valence-corrected chi connectivity index (χ3v) is 4.75. The molecule has 2 N–H and O–H groups in total. The van der Waals surface area contributed by atoms with E-state index in [1.807, 2.05) is 43.8 Å². The van der Waals surface area contributed by atoms with E-state index < -0.39 is 17.5 Å². The topological polar surface area (TPSA) is 89.8 Å². The van der Waals surface area contributed by atoms with E-state index in [0.717, 1.165) is 17.9 Å². The molecule has 2 rings (SSSR count). The lowest BCUT2D eigenvalue weighted by molar-refractivity contribution is -0.158. The van der Waals surface area contributed by atoms with Gasteiger partial charge >= 0.3 is 5.97 Å². The molecule has 1 aromatic rings. The number of carboxylic acids is 1. The van der Waals surface area contributed by atoms with Crippen LogP contribution in [-0.4, -0.2) is 59.4 Å². The van der Waals surface area contributed by atoms with E-state index in [2.05, 4.69) is 9.97 Å². The van der Waals surface area contributed by atoms with Crippen molar-refractivity contribution in [2.24, 2.45) is 5.41 Å². The number of carbonyl (C=O) groups is 1. The van der Waals surface area contributed by atoms with E-state index >= 15 is 0 Å². The molecule has 0 radical (unpaired) electrons. The average molecular weight is 336 g/mol. The van der Waals surface area contributed by atoms with E-state index in [9.17, 15) is 15.0 Å². The molecule has 24 heavy (non-hydrogen) atoms. The maximum Gasteiger partial charge on any atom is 0.314 e. The molecule has 1 saturated heterocycles. The zero-order valence-electron chi connectivity index (χ0n) is 15.0. The van der Waals surface area contributed by atoms with Crippen LogP contribution in [0, 0.1) is 5.41 Å². The second kappa shape index (κ2) is 7.34. The van der Waals surface area contributed by atoms with Crippen LogP contribution in [0.25, 0.3) is 0 Å². The van der Waals surface area contributed by atoms with Gasteiger partial charge in [-0.3, -0.25) is 4.79 Å². The first kappa shape index (κ1) is 18.4. The average Bonchev–Trinajstić information content (AvgIpc) is 2.56. The van der Waals surface area contributed by atoms with Gasteiger partial charge in [0.15, 0.2) is 0 Å². The summed E-state index contributed by atoms with van der Waals surface area (Å²) in [7, 11) is 3.77. The van der Waals surface area contributed by atoms with Crippen LogP contribution in [-0.2, 0) is 11.2 Å². The number of aryl methyl sites for hydroxylation is 1. The second-order valence-electron chi connectivity index (χ2n) is 6.70. The van der Waals surface area contributed by atoms with Crippen molar-refractivity contribution in [1.29, 1.82) is 0 Å². The van der Waals surface area contributed by atoms with Crippen molar-refractivity contribution in [2.75, 3.05) is 37.0 Å². The Labute approximate surface area is 143 Å². The van der Waals surface area contributed by atoms with Gasteiger partial charge in [-0.25, -0.2) is 4.98 Å². The van der Waals surface area contributed by atoms with Crippen molar-refractivity contribution >= 4 is 17.7 Å². The molecule has 1 fully saturated rings. The van der Waals surface area contributed by atoms with Crippen LogP contribution >= 0.6 is 0 Å². The van der Waals surface area contributed by atoms with Crippen LogP contribution in [0.2, 0.25) is 0 Å². The number of aliphatic hydroxyl groups excluding tert-OH is 1. The Bertz CT molecular complexity index is 593. The Balaban J connectivity index is 2.38. The molecule has 2 atom stereocenters. The van der Waals surface area contributed by atoms with Crippen molar-refractivity contribution < 1.29 is 15.0 Å². The Morgan fingerprint density at radius 1 is 1.42 bits per heavy atom. The highest BCUT2D eigenvalue weighted by Gasteiger charge is 2.48. The number of piperidine rings is 1. The molecule has 1 aliphatic rings. The minimum atomic E-state index is -1.14. The molecule has 0 bridgehead atoms. The molecule has 1 aromatic heterocycles. The van der Waals surface area contributed by atoms with E-state index in [1.165, 1.54) is 0 Å². The summed E-state index contributed by atoms with van der Waals surface area (Å²) in [5, 5.41) is 20.2. The van der Waals surface area contributed by atoms with Crippen LogP contribution < -0.4 is 9.80 Å². The lowest BCUT2D eigenvalue weighted by Gasteiger charge is -2.44. The fourth-order valence-electron chi connectivity index (χ4n) is 3.30. The van der Waals surface area contributed by atoms with Gasteiger partial charge in [0.2, 0.25) is 5.95 Å². The predicted octanol–water partition coefficient (Wildman–Crippen LogP) is 1.55.